The van der Waals surface area contributed by atoms with Crippen LogP contribution in [0.3, 0.4) is 0 Å². The Hall–Kier alpha value is 0.423. The summed E-state index contributed by atoms with van der Waals surface area (Å²) >= 11 is 1.60. The van der Waals surface area contributed by atoms with Gasteiger partial charge in [-0.3, -0.25) is 0 Å². The minimum Gasteiger partial charge on any atom is -0.147 e. The number of benzene rings is 1. The van der Waals surface area contributed by atoms with Crippen LogP contribution in [-0.2, 0) is 24.7 Å². The molecule has 0 bridgehead atoms. The van der Waals surface area contributed by atoms with E-state index in [-0.39, 0.29) is 24.8 Å². The van der Waals surface area contributed by atoms with Crippen LogP contribution in [0.25, 0.3) is 6.08 Å². The Morgan fingerprint density at radius 1 is 1.15 bits per heavy atom. The number of allylic oxidation sites excluding steroid dienone is 1. The van der Waals surface area contributed by atoms with E-state index in [0.29, 0.717) is 0 Å². The fourth-order valence-electron chi connectivity index (χ4n) is 1.48. The van der Waals surface area contributed by atoms with E-state index in [2.05, 4.69) is 37.3 Å². The summed E-state index contributed by atoms with van der Waals surface area (Å²) in [5, 5.41) is 0. The SMILES string of the molecule is CC1=Cc2ccccc2[CH]1[Zr].Cl.Cl. The van der Waals surface area contributed by atoms with Crippen LogP contribution in [0.1, 0.15) is 21.7 Å². The van der Waals surface area contributed by atoms with Crippen LogP contribution in [0.15, 0.2) is 29.8 Å². The molecule has 1 aromatic rings. The van der Waals surface area contributed by atoms with Crippen molar-refractivity contribution in [2.24, 2.45) is 0 Å². The topological polar surface area (TPSA) is 0 Å². The van der Waals surface area contributed by atoms with Crippen LogP contribution >= 0.6 is 24.8 Å². The average molecular weight is 293 g/mol. The first kappa shape index (κ1) is 13.4. The maximum absolute atomic E-state index is 2.30. The van der Waals surface area contributed by atoms with Gasteiger partial charge in [-0.2, -0.15) is 0 Å². The summed E-state index contributed by atoms with van der Waals surface area (Å²) in [7, 11) is 0. The van der Waals surface area contributed by atoms with Gasteiger partial charge in [0, 0.05) is 0 Å². The molecule has 0 fully saturated rings. The van der Waals surface area contributed by atoms with E-state index in [4.69, 9.17) is 0 Å². The summed E-state index contributed by atoms with van der Waals surface area (Å²) in [5.74, 6) is 0. The molecular formula is C10H11Cl2Zr. The fourth-order valence-corrected chi connectivity index (χ4v) is 2.33. The maximum Gasteiger partial charge on any atom is -0.147 e. The van der Waals surface area contributed by atoms with Crippen LogP contribution < -0.4 is 0 Å². The molecule has 3 heteroatoms. The molecule has 1 unspecified atom stereocenters. The van der Waals surface area contributed by atoms with Crippen molar-refractivity contribution in [2.75, 3.05) is 0 Å². The third-order valence-electron chi connectivity index (χ3n) is 2.15. The zero-order valence-corrected chi connectivity index (χ0v) is 11.4. The van der Waals surface area contributed by atoms with Crippen LogP contribution in [0.4, 0.5) is 0 Å². The first-order valence-corrected chi connectivity index (χ1v) is 5.19. The molecule has 0 spiro atoms. The van der Waals surface area contributed by atoms with Gasteiger partial charge in [-0.1, -0.05) is 0 Å². The van der Waals surface area contributed by atoms with Crippen LogP contribution in [-0.4, -0.2) is 0 Å². The van der Waals surface area contributed by atoms with Crippen molar-refractivity contribution in [3.8, 4) is 0 Å². The summed E-state index contributed by atoms with van der Waals surface area (Å²) in [4.78, 5) is 0. The van der Waals surface area contributed by atoms with Gasteiger partial charge in [0.15, 0.2) is 0 Å². The molecule has 0 saturated heterocycles. The Labute approximate surface area is 106 Å². The first-order chi connectivity index (χ1) is 5.29. The van der Waals surface area contributed by atoms with Gasteiger partial charge in [0.2, 0.25) is 0 Å². The molecule has 0 N–H and O–H groups in total. The third-order valence-corrected chi connectivity index (χ3v) is 4.03. The molecule has 2 rings (SSSR count). The molecular weight excluding hydrogens is 282 g/mol. The van der Waals surface area contributed by atoms with E-state index in [0.717, 1.165) is 3.63 Å². The molecule has 13 heavy (non-hydrogen) atoms. The minimum absolute atomic E-state index is 0. The van der Waals surface area contributed by atoms with Crippen molar-refractivity contribution < 1.29 is 24.7 Å². The molecule has 1 atom stereocenters. The number of hydrogen-bond donors (Lipinski definition) is 0. The van der Waals surface area contributed by atoms with Gasteiger partial charge in [-0.15, -0.1) is 24.8 Å². The minimum atomic E-state index is 0. The number of halogens is 2. The molecule has 1 aliphatic carbocycles. The predicted octanol–water partition coefficient (Wildman–Crippen LogP) is 3.54. The molecule has 0 radical (unpaired) electrons. The Bertz CT molecular complexity index is 320. The van der Waals surface area contributed by atoms with E-state index < -0.39 is 0 Å². The molecule has 1 aromatic carbocycles. The zero-order chi connectivity index (χ0) is 7.84. The van der Waals surface area contributed by atoms with Gasteiger partial charge in [0.1, 0.15) is 0 Å². The maximum atomic E-state index is 2.30. The van der Waals surface area contributed by atoms with Gasteiger partial charge in [0.25, 0.3) is 0 Å². The summed E-state index contributed by atoms with van der Waals surface area (Å²) in [6, 6.07) is 8.67. The van der Waals surface area contributed by atoms with Crippen LogP contribution in [0, 0.1) is 0 Å². The van der Waals surface area contributed by atoms with Crippen molar-refractivity contribution in [3.63, 3.8) is 0 Å². The van der Waals surface area contributed by atoms with E-state index in [1.54, 1.807) is 24.7 Å². The van der Waals surface area contributed by atoms with Gasteiger partial charge in [-0.05, 0) is 0 Å². The van der Waals surface area contributed by atoms with Crippen LogP contribution in [0.2, 0.25) is 0 Å². The summed E-state index contributed by atoms with van der Waals surface area (Å²) < 4.78 is 0.721. The Kier molecular flexibility index (Phi) is 5.51. The van der Waals surface area contributed by atoms with Crippen molar-refractivity contribution >= 4 is 30.9 Å². The van der Waals surface area contributed by atoms with Crippen molar-refractivity contribution in [3.05, 3.63) is 41.0 Å². The van der Waals surface area contributed by atoms with E-state index in [1.165, 1.54) is 16.7 Å². The summed E-state index contributed by atoms with van der Waals surface area (Å²) in [6.07, 6.45) is 2.30. The van der Waals surface area contributed by atoms with E-state index in [9.17, 15) is 0 Å². The van der Waals surface area contributed by atoms with E-state index >= 15 is 0 Å². The molecule has 0 amide bonds. The summed E-state index contributed by atoms with van der Waals surface area (Å²) in [5.41, 5.74) is 4.46. The molecule has 0 nitrogen and oxygen atoms in total. The molecule has 0 heterocycles. The predicted molar refractivity (Wildman–Crippen MR) is 57.3 cm³/mol. The molecule has 69 valence electrons. The van der Waals surface area contributed by atoms with Gasteiger partial charge < -0.3 is 0 Å². The second-order valence-electron chi connectivity index (χ2n) is 2.95. The zero-order valence-electron chi connectivity index (χ0n) is 7.28. The molecule has 1 aliphatic rings. The number of rotatable bonds is 0. The Morgan fingerprint density at radius 2 is 1.77 bits per heavy atom. The standard InChI is InChI=1S/C10H9.2ClH.Zr/c1-8-6-9-4-2-3-5-10(9)7-8;;;/h2-7H,1H3;2*1H;. The van der Waals surface area contributed by atoms with Crippen LogP contribution in [0.5, 0.6) is 0 Å². The average Bonchev–Trinajstić information content (AvgIpc) is 2.30. The Morgan fingerprint density at radius 3 is 2.38 bits per heavy atom. The van der Waals surface area contributed by atoms with Crippen molar-refractivity contribution in [1.82, 2.24) is 0 Å². The quantitative estimate of drug-likeness (QED) is 0.686. The van der Waals surface area contributed by atoms with Gasteiger partial charge in [0.05, 0.1) is 0 Å². The molecule has 0 aromatic heterocycles. The van der Waals surface area contributed by atoms with E-state index in [1.807, 2.05) is 0 Å². The third kappa shape index (κ3) is 2.46. The summed E-state index contributed by atoms with van der Waals surface area (Å²) in [6.45, 7) is 2.22. The van der Waals surface area contributed by atoms with Gasteiger partial charge in [-0.25, -0.2) is 0 Å². The number of hydrogen-bond acceptors (Lipinski definition) is 0. The van der Waals surface area contributed by atoms with Gasteiger partial charge >= 0.3 is 82.3 Å². The number of fused-ring (bicyclic) bond motifs is 1. The monoisotopic (exact) mass is 291 g/mol. The molecule has 0 aliphatic heterocycles. The van der Waals surface area contributed by atoms with Crippen molar-refractivity contribution in [1.29, 1.82) is 0 Å². The second-order valence-corrected chi connectivity index (χ2v) is 4.37. The first-order valence-electron chi connectivity index (χ1n) is 3.77. The molecule has 0 saturated carbocycles. The Balaban J connectivity index is 0.000000720. The van der Waals surface area contributed by atoms with Crippen molar-refractivity contribution in [2.45, 2.75) is 10.5 Å². The largest absolute Gasteiger partial charge is 0.147 e. The normalized spacial score (nSPS) is 17.8. The second kappa shape index (κ2) is 5.34. The smallest absolute Gasteiger partial charge is 0.147 e. The fraction of sp³-hybridized carbons (Fsp3) is 0.200.